The summed E-state index contributed by atoms with van der Waals surface area (Å²) in [6.07, 6.45) is 1.30. The first-order valence-corrected chi connectivity index (χ1v) is 7.42. The van der Waals surface area contributed by atoms with E-state index in [1.54, 1.807) is 0 Å². The summed E-state index contributed by atoms with van der Waals surface area (Å²) in [5.74, 6) is 0.257. The molecule has 0 bridgehead atoms. The Hall–Kier alpha value is -0.130. The number of hydrogen-bond donors (Lipinski definition) is 1. The lowest BCUT2D eigenvalue weighted by Crippen LogP contribution is -2.61. The van der Waals surface area contributed by atoms with Crippen LogP contribution in [0.25, 0.3) is 0 Å². The van der Waals surface area contributed by atoms with E-state index < -0.39 is 9.84 Å². The average molecular weight is 234 g/mol. The van der Waals surface area contributed by atoms with Crippen LogP contribution in [0.4, 0.5) is 0 Å². The molecule has 1 N–H and O–H groups in total. The van der Waals surface area contributed by atoms with Crippen LogP contribution in [0.5, 0.6) is 0 Å². The Balaban J connectivity index is 2.52. The second-order valence-electron chi connectivity index (χ2n) is 5.21. The highest BCUT2D eigenvalue weighted by Crippen LogP contribution is 2.14. The minimum atomic E-state index is -2.85. The van der Waals surface area contributed by atoms with E-state index in [2.05, 4.69) is 31.0 Å². The molecule has 1 unspecified atom stereocenters. The zero-order chi connectivity index (χ0) is 11.7. The van der Waals surface area contributed by atoms with Crippen molar-refractivity contribution in [1.29, 1.82) is 0 Å². The van der Waals surface area contributed by atoms with Gasteiger partial charge in [0, 0.05) is 37.5 Å². The van der Waals surface area contributed by atoms with E-state index in [1.165, 1.54) is 6.26 Å². The van der Waals surface area contributed by atoms with Gasteiger partial charge in [-0.25, -0.2) is 8.42 Å². The monoisotopic (exact) mass is 234 g/mol. The number of rotatable bonds is 3. The Labute approximate surface area is 93.0 Å². The van der Waals surface area contributed by atoms with Crippen molar-refractivity contribution in [2.24, 2.45) is 0 Å². The van der Waals surface area contributed by atoms with E-state index in [-0.39, 0.29) is 11.3 Å². The topological polar surface area (TPSA) is 49.4 Å². The number of nitrogens with zero attached hydrogens (tertiary/aromatic N) is 1. The molecule has 0 saturated carbocycles. The minimum absolute atomic E-state index is 0.0873. The third-order valence-electron chi connectivity index (χ3n) is 2.85. The normalized spacial score (nSPS) is 27.9. The number of hydrogen-bond acceptors (Lipinski definition) is 4. The van der Waals surface area contributed by atoms with Gasteiger partial charge in [0.15, 0.2) is 0 Å². The summed E-state index contributed by atoms with van der Waals surface area (Å²) >= 11 is 0. The summed E-state index contributed by atoms with van der Waals surface area (Å²) in [4.78, 5) is 2.25. The van der Waals surface area contributed by atoms with Gasteiger partial charge in [-0.3, -0.25) is 4.90 Å². The first-order valence-electron chi connectivity index (χ1n) is 5.36. The molecule has 0 aliphatic carbocycles. The van der Waals surface area contributed by atoms with Gasteiger partial charge in [-0.05, 0) is 20.8 Å². The molecule has 1 saturated heterocycles. The molecule has 1 rings (SSSR count). The molecular formula is C10H22N2O2S. The largest absolute Gasteiger partial charge is 0.309 e. The summed E-state index contributed by atoms with van der Waals surface area (Å²) in [6, 6.07) is 0.416. The van der Waals surface area contributed by atoms with Gasteiger partial charge in [0.05, 0.1) is 5.75 Å². The molecule has 5 heteroatoms. The SMILES string of the molecule is CC1CNC(C)(C)CN1CCS(C)(=O)=O. The van der Waals surface area contributed by atoms with E-state index in [0.29, 0.717) is 12.6 Å². The molecule has 15 heavy (non-hydrogen) atoms. The van der Waals surface area contributed by atoms with Crippen molar-refractivity contribution in [1.82, 2.24) is 10.2 Å². The molecule has 1 heterocycles. The van der Waals surface area contributed by atoms with Gasteiger partial charge in [-0.1, -0.05) is 0 Å². The Bertz CT molecular complexity index is 311. The highest BCUT2D eigenvalue weighted by Gasteiger charge is 2.30. The van der Waals surface area contributed by atoms with Crippen molar-refractivity contribution in [3.05, 3.63) is 0 Å². The molecular weight excluding hydrogens is 212 g/mol. The van der Waals surface area contributed by atoms with Crippen molar-refractivity contribution >= 4 is 9.84 Å². The third-order valence-corrected chi connectivity index (χ3v) is 3.77. The smallest absolute Gasteiger partial charge is 0.148 e. The van der Waals surface area contributed by atoms with Gasteiger partial charge in [-0.15, -0.1) is 0 Å². The Morgan fingerprint density at radius 1 is 1.47 bits per heavy atom. The molecule has 1 atom stereocenters. The van der Waals surface area contributed by atoms with E-state index in [0.717, 1.165) is 13.1 Å². The fourth-order valence-corrected chi connectivity index (χ4v) is 2.42. The zero-order valence-corrected chi connectivity index (χ0v) is 10.9. The van der Waals surface area contributed by atoms with Crippen LogP contribution < -0.4 is 5.32 Å². The van der Waals surface area contributed by atoms with Crippen LogP contribution in [0.1, 0.15) is 20.8 Å². The summed E-state index contributed by atoms with van der Waals surface area (Å²) in [5, 5.41) is 3.44. The van der Waals surface area contributed by atoms with E-state index in [1.807, 2.05) is 0 Å². The zero-order valence-electron chi connectivity index (χ0n) is 10.1. The summed E-state index contributed by atoms with van der Waals surface area (Å²) in [7, 11) is -2.85. The summed E-state index contributed by atoms with van der Waals surface area (Å²) < 4.78 is 22.2. The highest BCUT2D eigenvalue weighted by atomic mass is 32.2. The molecule has 1 fully saturated rings. The highest BCUT2D eigenvalue weighted by molar-refractivity contribution is 7.90. The van der Waals surface area contributed by atoms with Gasteiger partial charge < -0.3 is 5.32 Å². The van der Waals surface area contributed by atoms with Gasteiger partial charge >= 0.3 is 0 Å². The molecule has 0 radical (unpaired) electrons. The molecule has 0 spiro atoms. The first kappa shape index (κ1) is 12.9. The van der Waals surface area contributed by atoms with Gasteiger partial charge in [-0.2, -0.15) is 0 Å². The molecule has 0 aromatic heterocycles. The van der Waals surface area contributed by atoms with Gasteiger partial charge in [0.2, 0.25) is 0 Å². The predicted octanol–water partition coefficient (Wildman–Crippen LogP) is 0.103. The second-order valence-corrected chi connectivity index (χ2v) is 7.47. The van der Waals surface area contributed by atoms with Crippen molar-refractivity contribution < 1.29 is 8.42 Å². The van der Waals surface area contributed by atoms with E-state index in [9.17, 15) is 8.42 Å². The quantitative estimate of drug-likeness (QED) is 0.752. The third kappa shape index (κ3) is 4.49. The molecule has 4 nitrogen and oxygen atoms in total. The Morgan fingerprint density at radius 2 is 2.07 bits per heavy atom. The molecule has 0 aromatic rings. The van der Waals surface area contributed by atoms with Crippen LogP contribution in [0.3, 0.4) is 0 Å². The standard InChI is InChI=1S/C10H22N2O2S/c1-9-7-11-10(2,3)8-12(9)5-6-15(4,13)14/h9,11H,5-8H2,1-4H3. The van der Waals surface area contributed by atoms with Gasteiger partial charge in [0.1, 0.15) is 9.84 Å². The maximum Gasteiger partial charge on any atom is 0.148 e. The number of sulfone groups is 1. The first-order chi connectivity index (χ1) is 6.70. The van der Waals surface area contributed by atoms with Crippen molar-refractivity contribution in [3.63, 3.8) is 0 Å². The van der Waals surface area contributed by atoms with Crippen molar-refractivity contribution in [2.75, 3.05) is 31.6 Å². The maximum atomic E-state index is 11.1. The van der Waals surface area contributed by atoms with Crippen LogP contribution in [-0.4, -0.2) is 56.5 Å². The Kier molecular flexibility index (Phi) is 3.79. The van der Waals surface area contributed by atoms with E-state index in [4.69, 9.17) is 0 Å². The summed E-state index contributed by atoms with van der Waals surface area (Å²) in [6.45, 7) is 8.90. The molecule has 1 aliphatic heterocycles. The maximum absolute atomic E-state index is 11.1. The van der Waals surface area contributed by atoms with Crippen LogP contribution in [0, 0.1) is 0 Å². The molecule has 0 amide bonds. The van der Waals surface area contributed by atoms with Crippen molar-refractivity contribution in [3.8, 4) is 0 Å². The summed E-state index contributed by atoms with van der Waals surface area (Å²) in [5.41, 5.74) is 0.0873. The lowest BCUT2D eigenvalue weighted by Gasteiger charge is -2.43. The number of piperazine rings is 1. The lowest BCUT2D eigenvalue weighted by atomic mass is 9.99. The fraction of sp³-hybridized carbons (Fsp3) is 1.00. The minimum Gasteiger partial charge on any atom is -0.309 e. The van der Waals surface area contributed by atoms with Crippen LogP contribution in [0.15, 0.2) is 0 Å². The average Bonchev–Trinajstić information content (AvgIpc) is 2.05. The van der Waals surface area contributed by atoms with Gasteiger partial charge in [0.25, 0.3) is 0 Å². The second kappa shape index (κ2) is 4.39. The van der Waals surface area contributed by atoms with Crippen LogP contribution in [0.2, 0.25) is 0 Å². The van der Waals surface area contributed by atoms with E-state index >= 15 is 0 Å². The lowest BCUT2D eigenvalue weighted by molar-refractivity contribution is 0.111. The molecule has 0 aromatic carbocycles. The van der Waals surface area contributed by atoms with Crippen LogP contribution >= 0.6 is 0 Å². The fourth-order valence-electron chi connectivity index (χ4n) is 1.86. The Morgan fingerprint density at radius 3 is 2.60 bits per heavy atom. The van der Waals surface area contributed by atoms with Crippen molar-refractivity contribution in [2.45, 2.75) is 32.4 Å². The van der Waals surface area contributed by atoms with Crippen LogP contribution in [-0.2, 0) is 9.84 Å². The molecule has 1 aliphatic rings. The predicted molar refractivity (Wildman–Crippen MR) is 62.8 cm³/mol. The number of nitrogens with one attached hydrogen (secondary N) is 1. The molecule has 90 valence electrons.